The van der Waals surface area contributed by atoms with Gasteiger partial charge in [0.25, 0.3) is 0 Å². The summed E-state index contributed by atoms with van der Waals surface area (Å²) in [5.74, 6) is 5.39. The van der Waals surface area contributed by atoms with Gasteiger partial charge in [0.1, 0.15) is 0 Å². The second-order valence-corrected chi connectivity index (χ2v) is 2.86. The summed E-state index contributed by atoms with van der Waals surface area (Å²) >= 11 is 0. The van der Waals surface area contributed by atoms with E-state index in [0.29, 0.717) is 0 Å². The van der Waals surface area contributed by atoms with Crippen molar-refractivity contribution in [2.45, 2.75) is 13.0 Å². The van der Waals surface area contributed by atoms with Gasteiger partial charge in [-0.1, -0.05) is 42.5 Å². The molecule has 1 aromatic carbocycles. The molecule has 0 amide bonds. The fourth-order valence-electron chi connectivity index (χ4n) is 1.17. The van der Waals surface area contributed by atoms with Gasteiger partial charge < -0.3 is 0 Å². The van der Waals surface area contributed by atoms with E-state index >= 15 is 0 Å². The van der Waals surface area contributed by atoms with Crippen molar-refractivity contribution in [3.8, 4) is 0 Å². The third kappa shape index (κ3) is 1.94. The van der Waals surface area contributed by atoms with Crippen LogP contribution >= 0.6 is 0 Å². The van der Waals surface area contributed by atoms with Gasteiger partial charge in [-0.3, -0.25) is 5.84 Å². The van der Waals surface area contributed by atoms with Crippen molar-refractivity contribution in [2.24, 2.45) is 5.84 Å². The predicted molar refractivity (Wildman–Crippen MR) is 51.3 cm³/mol. The SMILES string of the molecule is C=C(C)C(NN)c1ccccc1. The van der Waals surface area contributed by atoms with Crippen molar-refractivity contribution in [3.05, 3.63) is 48.0 Å². The molecule has 2 heteroatoms. The van der Waals surface area contributed by atoms with Gasteiger partial charge in [0.15, 0.2) is 0 Å². The van der Waals surface area contributed by atoms with Crippen molar-refractivity contribution >= 4 is 0 Å². The standard InChI is InChI=1S/C10H14N2/c1-8(2)10(12-11)9-6-4-3-5-7-9/h3-7,10,12H,1,11H2,2H3. The van der Waals surface area contributed by atoms with Crippen LogP contribution in [0.3, 0.4) is 0 Å². The van der Waals surface area contributed by atoms with Crippen LogP contribution in [0.4, 0.5) is 0 Å². The lowest BCUT2D eigenvalue weighted by Crippen LogP contribution is -2.28. The molecular formula is C10H14N2. The van der Waals surface area contributed by atoms with Crippen LogP contribution in [0.25, 0.3) is 0 Å². The van der Waals surface area contributed by atoms with Crippen LogP contribution in [0.5, 0.6) is 0 Å². The van der Waals surface area contributed by atoms with E-state index in [9.17, 15) is 0 Å². The molecule has 0 aliphatic rings. The minimum atomic E-state index is 0.0613. The lowest BCUT2D eigenvalue weighted by molar-refractivity contribution is 0.627. The summed E-state index contributed by atoms with van der Waals surface area (Å²) in [6, 6.07) is 10.1. The summed E-state index contributed by atoms with van der Waals surface area (Å²) in [5.41, 5.74) is 4.88. The third-order valence-corrected chi connectivity index (χ3v) is 1.79. The Morgan fingerprint density at radius 3 is 2.42 bits per heavy atom. The summed E-state index contributed by atoms with van der Waals surface area (Å²) < 4.78 is 0. The maximum atomic E-state index is 5.39. The first-order chi connectivity index (χ1) is 5.75. The molecule has 1 rings (SSSR count). The first kappa shape index (κ1) is 8.97. The average molecular weight is 162 g/mol. The minimum absolute atomic E-state index is 0.0613. The van der Waals surface area contributed by atoms with Gasteiger partial charge in [0, 0.05) is 0 Å². The summed E-state index contributed by atoms with van der Waals surface area (Å²) in [6.07, 6.45) is 0. The van der Waals surface area contributed by atoms with Crippen LogP contribution in [0.2, 0.25) is 0 Å². The quantitative estimate of drug-likeness (QED) is 0.404. The molecule has 1 unspecified atom stereocenters. The van der Waals surface area contributed by atoms with Crippen molar-refractivity contribution in [2.75, 3.05) is 0 Å². The molecule has 0 aliphatic carbocycles. The number of nitrogens with two attached hydrogens (primary N) is 1. The van der Waals surface area contributed by atoms with E-state index in [-0.39, 0.29) is 6.04 Å². The molecule has 0 aromatic heterocycles. The second-order valence-electron chi connectivity index (χ2n) is 2.86. The van der Waals surface area contributed by atoms with E-state index in [2.05, 4.69) is 12.0 Å². The summed E-state index contributed by atoms with van der Waals surface area (Å²) in [4.78, 5) is 0. The van der Waals surface area contributed by atoms with E-state index in [1.165, 1.54) is 0 Å². The monoisotopic (exact) mass is 162 g/mol. The summed E-state index contributed by atoms with van der Waals surface area (Å²) in [6.45, 7) is 5.82. The van der Waals surface area contributed by atoms with Gasteiger partial charge in [-0.25, -0.2) is 5.43 Å². The van der Waals surface area contributed by atoms with Crippen LogP contribution in [-0.4, -0.2) is 0 Å². The molecule has 0 aliphatic heterocycles. The van der Waals surface area contributed by atoms with Gasteiger partial charge >= 0.3 is 0 Å². The molecule has 3 N–H and O–H groups in total. The molecule has 0 bridgehead atoms. The zero-order valence-corrected chi connectivity index (χ0v) is 7.25. The Morgan fingerprint density at radius 1 is 1.42 bits per heavy atom. The fourth-order valence-corrected chi connectivity index (χ4v) is 1.17. The van der Waals surface area contributed by atoms with Gasteiger partial charge in [-0.15, -0.1) is 0 Å². The van der Waals surface area contributed by atoms with E-state index < -0.39 is 0 Å². The molecular weight excluding hydrogens is 148 g/mol. The Labute approximate surface area is 73.1 Å². The number of hydrogen-bond acceptors (Lipinski definition) is 2. The topological polar surface area (TPSA) is 38.0 Å². The summed E-state index contributed by atoms with van der Waals surface area (Å²) in [7, 11) is 0. The maximum absolute atomic E-state index is 5.39. The highest BCUT2D eigenvalue weighted by molar-refractivity contribution is 5.25. The Hall–Kier alpha value is -1.12. The number of rotatable bonds is 3. The largest absolute Gasteiger partial charge is 0.271 e. The molecule has 64 valence electrons. The lowest BCUT2D eigenvalue weighted by atomic mass is 10.0. The highest BCUT2D eigenvalue weighted by Crippen LogP contribution is 2.17. The minimum Gasteiger partial charge on any atom is -0.271 e. The Balaban J connectivity index is 2.88. The van der Waals surface area contributed by atoms with Crippen LogP contribution in [0.15, 0.2) is 42.5 Å². The highest BCUT2D eigenvalue weighted by atomic mass is 15.2. The van der Waals surface area contributed by atoms with E-state index in [1.54, 1.807) is 0 Å². The molecule has 1 atom stereocenters. The van der Waals surface area contributed by atoms with Gasteiger partial charge in [0.2, 0.25) is 0 Å². The van der Waals surface area contributed by atoms with E-state index in [4.69, 9.17) is 5.84 Å². The third-order valence-electron chi connectivity index (χ3n) is 1.79. The molecule has 12 heavy (non-hydrogen) atoms. The zero-order valence-electron chi connectivity index (χ0n) is 7.25. The Bertz CT molecular complexity index is 254. The van der Waals surface area contributed by atoms with Crippen molar-refractivity contribution in [3.63, 3.8) is 0 Å². The van der Waals surface area contributed by atoms with Crippen LogP contribution in [-0.2, 0) is 0 Å². The Morgan fingerprint density at radius 2 is 2.00 bits per heavy atom. The molecule has 0 fully saturated rings. The molecule has 0 heterocycles. The van der Waals surface area contributed by atoms with Crippen LogP contribution in [0, 0.1) is 0 Å². The number of nitrogens with one attached hydrogen (secondary N) is 1. The summed E-state index contributed by atoms with van der Waals surface area (Å²) in [5, 5.41) is 0. The van der Waals surface area contributed by atoms with Crippen molar-refractivity contribution in [1.82, 2.24) is 5.43 Å². The normalized spacial score (nSPS) is 12.5. The molecule has 0 spiro atoms. The van der Waals surface area contributed by atoms with E-state index in [0.717, 1.165) is 11.1 Å². The average Bonchev–Trinajstić information content (AvgIpc) is 2.07. The number of hydrazine groups is 1. The molecule has 0 saturated heterocycles. The number of hydrogen-bond donors (Lipinski definition) is 2. The van der Waals surface area contributed by atoms with Gasteiger partial charge in [-0.2, -0.15) is 0 Å². The first-order valence-corrected chi connectivity index (χ1v) is 3.92. The molecule has 1 aromatic rings. The predicted octanol–water partition coefficient (Wildman–Crippen LogP) is 1.77. The smallest absolute Gasteiger partial charge is 0.0664 e. The second kappa shape index (κ2) is 4.04. The van der Waals surface area contributed by atoms with Crippen molar-refractivity contribution in [1.29, 1.82) is 0 Å². The Kier molecular flexibility index (Phi) is 3.02. The highest BCUT2D eigenvalue weighted by Gasteiger charge is 2.07. The zero-order chi connectivity index (χ0) is 8.97. The van der Waals surface area contributed by atoms with Crippen LogP contribution in [0.1, 0.15) is 18.5 Å². The van der Waals surface area contributed by atoms with E-state index in [1.807, 2.05) is 37.3 Å². The molecule has 0 saturated carbocycles. The van der Waals surface area contributed by atoms with Gasteiger partial charge in [0.05, 0.1) is 6.04 Å². The van der Waals surface area contributed by atoms with Crippen molar-refractivity contribution < 1.29 is 0 Å². The van der Waals surface area contributed by atoms with Crippen LogP contribution < -0.4 is 11.3 Å². The molecule has 2 nitrogen and oxygen atoms in total. The molecule has 0 radical (unpaired) electrons. The maximum Gasteiger partial charge on any atom is 0.0664 e. The lowest BCUT2D eigenvalue weighted by Gasteiger charge is -2.15. The van der Waals surface area contributed by atoms with Gasteiger partial charge in [-0.05, 0) is 12.5 Å². The fraction of sp³-hybridized carbons (Fsp3) is 0.200. The first-order valence-electron chi connectivity index (χ1n) is 3.92. The number of benzene rings is 1.